The highest BCUT2D eigenvalue weighted by atomic mass is 16.6. The Morgan fingerprint density at radius 2 is 1.55 bits per heavy atom. The second kappa shape index (κ2) is 4.21. The third kappa shape index (κ3) is 2.22. The third-order valence-corrected chi connectivity index (χ3v) is 5.81. The average Bonchev–Trinajstić information content (AvgIpc) is 2.20. The van der Waals surface area contributed by atoms with Crippen LogP contribution in [0.5, 0.6) is 0 Å². The van der Waals surface area contributed by atoms with E-state index >= 15 is 0 Å². The van der Waals surface area contributed by atoms with Crippen LogP contribution in [0.4, 0.5) is 0 Å². The maximum atomic E-state index is 12.8. The van der Waals surface area contributed by atoms with Crippen molar-refractivity contribution in [3.8, 4) is 0 Å². The summed E-state index contributed by atoms with van der Waals surface area (Å²) >= 11 is 0. The van der Waals surface area contributed by atoms with E-state index in [9.17, 15) is 14.9 Å². The number of carbonyl (C=O) groups is 1. The van der Waals surface area contributed by atoms with E-state index in [0.717, 1.165) is 24.8 Å². The highest BCUT2D eigenvalue weighted by molar-refractivity contribution is 5.99. The van der Waals surface area contributed by atoms with Gasteiger partial charge in [0.1, 0.15) is 0 Å². The molecule has 3 rings (SSSR count). The molecule has 0 aromatic heterocycles. The van der Waals surface area contributed by atoms with Gasteiger partial charge in [-0.15, -0.1) is 0 Å². The normalized spacial score (nSPS) is 39.4. The van der Waals surface area contributed by atoms with Gasteiger partial charge in [0.05, 0.1) is 5.57 Å². The zero-order valence-electron chi connectivity index (χ0n) is 14.4. The van der Waals surface area contributed by atoms with E-state index in [1.54, 1.807) is 0 Å². The van der Waals surface area contributed by atoms with Crippen LogP contribution in [0.3, 0.4) is 0 Å². The highest BCUT2D eigenvalue weighted by Gasteiger charge is 2.64. The first-order valence-electron chi connectivity index (χ1n) is 8.29. The largest absolute Gasteiger partial charge is 0.294 e. The number of rotatable bonds is 1. The van der Waals surface area contributed by atoms with Crippen molar-refractivity contribution in [2.75, 3.05) is 0 Å². The van der Waals surface area contributed by atoms with Gasteiger partial charge in [0, 0.05) is 24.2 Å². The molecule has 2 atom stereocenters. The van der Waals surface area contributed by atoms with Gasteiger partial charge in [-0.05, 0) is 35.5 Å². The van der Waals surface area contributed by atoms with Crippen LogP contribution in [0.15, 0.2) is 11.1 Å². The molecule has 0 N–H and O–H groups in total. The van der Waals surface area contributed by atoms with E-state index in [0.29, 0.717) is 24.8 Å². The molecule has 3 aliphatic rings. The van der Waals surface area contributed by atoms with Gasteiger partial charge in [-0.25, -0.2) is 0 Å². The monoisotopic (exact) mass is 305 g/mol. The first-order valence-corrected chi connectivity index (χ1v) is 8.29. The molecule has 0 radical (unpaired) electrons. The second-order valence-corrected chi connectivity index (χ2v) is 9.89. The number of nitrogens with zero attached hydrogens (tertiary/aromatic N) is 1. The maximum absolute atomic E-state index is 12.8. The molecule has 0 saturated heterocycles. The molecular formula is C18H27NO3. The number of allylic oxidation sites excluding steroid dienone is 1. The Morgan fingerprint density at radius 3 is 2.14 bits per heavy atom. The van der Waals surface area contributed by atoms with Crippen LogP contribution in [0.1, 0.15) is 73.1 Å². The van der Waals surface area contributed by atoms with E-state index < -0.39 is 5.54 Å². The van der Waals surface area contributed by atoms with Crippen molar-refractivity contribution in [3.05, 3.63) is 21.3 Å². The molecule has 22 heavy (non-hydrogen) atoms. The van der Waals surface area contributed by atoms with Crippen molar-refractivity contribution in [3.63, 3.8) is 0 Å². The average molecular weight is 305 g/mol. The van der Waals surface area contributed by atoms with Crippen LogP contribution in [-0.2, 0) is 4.79 Å². The molecule has 122 valence electrons. The molecular weight excluding hydrogens is 278 g/mol. The Kier molecular flexibility index (Phi) is 3.00. The minimum absolute atomic E-state index is 0.0303. The van der Waals surface area contributed by atoms with Crippen LogP contribution in [0, 0.1) is 26.4 Å². The van der Waals surface area contributed by atoms with Crippen LogP contribution >= 0.6 is 0 Å². The minimum Gasteiger partial charge on any atom is -0.294 e. The van der Waals surface area contributed by atoms with Crippen LogP contribution < -0.4 is 0 Å². The predicted octanol–water partition coefficient (Wildman–Crippen LogP) is 4.31. The second-order valence-electron chi connectivity index (χ2n) is 9.89. The summed E-state index contributed by atoms with van der Waals surface area (Å²) in [5.74, 6) is 0.0303. The summed E-state index contributed by atoms with van der Waals surface area (Å²) in [4.78, 5) is 24.8. The molecule has 0 aromatic carbocycles. The number of fused-ring (bicyclic) bond motifs is 3. The van der Waals surface area contributed by atoms with Gasteiger partial charge in [0.15, 0.2) is 5.78 Å². The highest BCUT2D eigenvalue weighted by Crippen LogP contribution is 2.62. The number of hydrogen-bond acceptors (Lipinski definition) is 3. The number of Topliss-reactive ketones (excluding diaryl/α,β-unsaturated/α-hetero) is 1. The summed E-state index contributed by atoms with van der Waals surface area (Å²) in [5, 5.41) is 12.1. The number of nitro groups is 1. The lowest BCUT2D eigenvalue weighted by atomic mass is 9.48. The van der Waals surface area contributed by atoms with Crippen molar-refractivity contribution < 1.29 is 9.72 Å². The molecule has 2 unspecified atom stereocenters. The Morgan fingerprint density at radius 1 is 0.909 bits per heavy atom. The fourth-order valence-electron chi connectivity index (χ4n) is 6.07. The summed E-state index contributed by atoms with van der Waals surface area (Å²) in [7, 11) is 0. The first kappa shape index (κ1) is 15.7. The first-order chi connectivity index (χ1) is 9.88. The molecule has 4 heteroatoms. The van der Waals surface area contributed by atoms with Crippen molar-refractivity contribution >= 4 is 5.78 Å². The zero-order valence-corrected chi connectivity index (χ0v) is 14.4. The lowest BCUT2D eigenvalue weighted by molar-refractivity contribution is -0.571. The van der Waals surface area contributed by atoms with Crippen molar-refractivity contribution in [2.45, 2.75) is 78.7 Å². The van der Waals surface area contributed by atoms with E-state index in [1.807, 2.05) is 0 Å². The lowest BCUT2D eigenvalue weighted by Crippen LogP contribution is -2.58. The van der Waals surface area contributed by atoms with Gasteiger partial charge in [0.25, 0.3) is 5.54 Å². The number of carbonyl (C=O) groups excluding carboxylic acids is 1. The Labute approximate surface area is 132 Å². The summed E-state index contributed by atoms with van der Waals surface area (Å²) < 4.78 is 0. The van der Waals surface area contributed by atoms with E-state index in [4.69, 9.17) is 0 Å². The van der Waals surface area contributed by atoms with E-state index in [1.165, 1.54) is 0 Å². The quantitative estimate of drug-likeness (QED) is 0.536. The molecule has 0 aromatic rings. The Bertz CT molecular complexity index is 601. The maximum Gasteiger partial charge on any atom is 0.251 e. The molecule has 0 heterocycles. The lowest BCUT2D eigenvalue weighted by Gasteiger charge is -2.54. The standard InChI is InChI=1S/C18H27NO3/c1-15(2)6-12-7-17(5)9-16(3,4)10-18(11-17,19(21)22)14(12)13(20)8-15/h6-11H2,1-5H3. The van der Waals surface area contributed by atoms with Crippen molar-refractivity contribution in [1.82, 2.24) is 0 Å². The molecule has 3 aliphatic carbocycles. The van der Waals surface area contributed by atoms with Crippen LogP contribution in [-0.4, -0.2) is 16.2 Å². The minimum atomic E-state index is -1.14. The SMILES string of the molecule is CC1(C)CC(=O)C2=C(C1)CC1(C)CC(C)(C)CC2([N+](=O)[O-])C1. The molecule has 4 nitrogen and oxygen atoms in total. The van der Waals surface area contributed by atoms with Crippen molar-refractivity contribution in [1.29, 1.82) is 0 Å². The Balaban J connectivity index is 2.22. The van der Waals surface area contributed by atoms with Crippen LogP contribution in [0.25, 0.3) is 0 Å². The zero-order chi connectivity index (χ0) is 16.6. The van der Waals surface area contributed by atoms with Gasteiger partial charge in [-0.3, -0.25) is 14.9 Å². The Hall–Kier alpha value is -1.19. The molecule has 0 amide bonds. The molecule has 1 fully saturated rings. The van der Waals surface area contributed by atoms with Crippen molar-refractivity contribution in [2.24, 2.45) is 16.2 Å². The molecule has 2 bridgehead atoms. The fourth-order valence-corrected chi connectivity index (χ4v) is 6.07. The summed E-state index contributed by atoms with van der Waals surface area (Å²) in [6.45, 7) is 10.6. The molecule has 1 saturated carbocycles. The smallest absolute Gasteiger partial charge is 0.251 e. The third-order valence-electron chi connectivity index (χ3n) is 5.81. The van der Waals surface area contributed by atoms with Gasteiger partial charge in [-0.2, -0.15) is 0 Å². The van der Waals surface area contributed by atoms with Gasteiger partial charge in [0.2, 0.25) is 0 Å². The predicted molar refractivity (Wildman–Crippen MR) is 85.1 cm³/mol. The summed E-state index contributed by atoms with van der Waals surface area (Å²) in [6.07, 6.45) is 4.16. The fraction of sp³-hybridized carbons (Fsp3) is 0.833. The number of hydrogen-bond donors (Lipinski definition) is 0. The van der Waals surface area contributed by atoms with Gasteiger partial charge < -0.3 is 0 Å². The van der Waals surface area contributed by atoms with Crippen LogP contribution in [0.2, 0.25) is 0 Å². The van der Waals surface area contributed by atoms with E-state index in [2.05, 4.69) is 34.6 Å². The van der Waals surface area contributed by atoms with Gasteiger partial charge >= 0.3 is 0 Å². The topological polar surface area (TPSA) is 60.2 Å². The van der Waals surface area contributed by atoms with E-state index in [-0.39, 0.29) is 27.0 Å². The summed E-state index contributed by atoms with van der Waals surface area (Å²) in [5.41, 5.74) is 0.320. The van der Waals surface area contributed by atoms with Gasteiger partial charge in [-0.1, -0.05) is 40.2 Å². The summed E-state index contributed by atoms with van der Waals surface area (Å²) in [6, 6.07) is 0. The molecule has 0 spiro atoms. The number of ketones is 1. The molecule has 0 aliphatic heterocycles.